The maximum Gasteiger partial charge on any atom is 0.326 e. The summed E-state index contributed by atoms with van der Waals surface area (Å²) in [6, 6.07) is 13.9. The minimum atomic E-state index is -1.25. The number of ether oxygens (including phenoxy) is 2. The molecule has 180 valence electrons. The van der Waals surface area contributed by atoms with Crippen LogP contribution in [0.5, 0.6) is 0 Å². The molecule has 1 saturated heterocycles. The second kappa shape index (κ2) is 11.4. The van der Waals surface area contributed by atoms with Gasteiger partial charge >= 0.3 is 5.97 Å². The fraction of sp³-hybridized carbons (Fsp3) is 0.333. The second-order valence-electron chi connectivity index (χ2n) is 8.08. The summed E-state index contributed by atoms with van der Waals surface area (Å²) < 4.78 is 10.4. The molecular weight excluding hydrogens is 442 g/mol. The van der Waals surface area contributed by atoms with E-state index in [1.165, 1.54) is 0 Å². The maximum atomic E-state index is 12.7. The molecule has 1 heterocycles. The van der Waals surface area contributed by atoms with Crippen LogP contribution in [0.4, 0.5) is 5.69 Å². The summed E-state index contributed by atoms with van der Waals surface area (Å²) in [7, 11) is 0. The van der Waals surface area contributed by atoms with E-state index in [0.717, 1.165) is 0 Å². The maximum absolute atomic E-state index is 12.7. The van der Waals surface area contributed by atoms with Gasteiger partial charge in [-0.15, -0.1) is 0 Å². The number of carboxylic acids is 1. The number of carboxylic acid groups (broad SMARTS) is 1. The lowest BCUT2D eigenvalue weighted by Crippen LogP contribution is -2.53. The summed E-state index contributed by atoms with van der Waals surface area (Å²) in [5.74, 6) is -2.76. The summed E-state index contributed by atoms with van der Waals surface area (Å²) in [5, 5.41) is 17.4. The number of carbonyl (C=O) groups excluding carboxylic acids is 3. The molecule has 4 N–H and O–H groups in total. The van der Waals surface area contributed by atoms with E-state index in [2.05, 4.69) is 16.0 Å². The first-order valence-corrected chi connectivity index (χ1v) is 10.8. The van der Waals surface area contributed by atoms with Crippen LogP contribution in [0.2, 0.25) is 0 Å². The SMILES string of the molecule is CC(C)NC(=O)[C@@H]1OCO[C@H]1C(=O)NC(Cc1ccc(NC(=O)c2ccccc2)cc1)C(=O)O. The second-order valence-corrected chi connectivity index (χ2v) is 8.08. The molecule has 1 aliphatic heterocycles. The molecule has 0 bridgehead atoms. The van der Waals surface area contributed by atoms with E-state index in [0.29, 0.717) is 16.8 Å². The molecule has 34 heavy (non-hydrogen) atoms. The zero-order valence-corrected chi connectivity index (χ0v) is 18.8. The molecule has 1 unspecified atom stereocenters. The molecule has 0 spiro atoms. The molecule has 1 fully saturated rings. The van der Waals surface area contributed by atoms with Crippen molar-refractivity contribution in [2.75, 3.05) is 12.1 Å². The Labute approximate surface area is 196 Å². The van der Waals surface area contributed by atoms with Gasteiger partial charge in [-0.3, -0.25) is 14.4 Å². The van der Waals surface area contributed by atoms with Crippen LogP contribution in [-0.4, -0.2) is 59.9 Å². The Morgan fingerprint density at radius 1 is 0.912 bits per heavy atom. The molecule has 0 radical (unpaired) electrons. The van der Waals surface area contributed by atoms with E-state index in [-0.39, 0.29) is 25.2 Å². The van der Waals surface area contributed by atoms with Crippen molar-refractivity contribution in [2.45, 2.75) is 44.6 Å². The van der Waals surface area contributed by atoms with Crippen LogP contribution < -0.4 is 16.0 Å². The Kier molecular flexibility index (Phi) is 8.34. The fourth-order valence-corrected chi connectivity index (χ4v) is 3.36. The van der Waals surface area contributed by atoms with Crippen molar-refractivity contribution in [3.63, 3.8) is 0 Å². The number of anilines is 1. The predicted molar refractivity (Wildman–Crippen MR) is 122 cm³/mol. The quantitative estimate of drug-likeness (QED) is 0.434. The Balaban J connectivity index is 1.60. The van der Waals surface area contributed by atoms with Crippen LogP contribution in [0.1, 0.15) is 29.8 Å². The number of benzene rings is 2. The van der Waals surface area contributed by atoms with E-state index in [9.17, 15) is 24.3 Å². The first-order chi connectivity index (χ1) is 16.2. The van der Waals surface area contributed by atoms with Gasteiger partial charge in [-0.2, -0.15) is 0 Å². The van der Waals surface area contributed by atoms with Gasteiger partial charge in [-0.05, 0) is 43.7 Å². The third-order valence-electron chi connectivity index (χ3n) is 5.02. The van der Waals surface area contributed by atoms with Crippen molar-refractivity contribution in [1.82, 2.24) is 10.6 Å². The van der Waals surface area contributed by atoms with Crippen LogP contribution >= 0.6 is 0 Å². The molecule has 0 aromatic heterocycles. The molecule has 2 aromatic carbocycles. The van der Waals surface area contributed by atoms with Gasteiger partial charge in [-0.1, -0.05) is 30.3 Å². The van der Waals surface area contributed by atoms with Crippen molar-refractivity contribution < 1.29 is 33.8 Å². The number of hydrogen-bond acceptors (Lipinski definition) is 6. The summed E-state index contributed by atoms with van der Waals surface area (Å²) >= 11 is 0. The van der Waals surface area contributed by atoms with Gasteiger partial charge in [-0.25, -0.2) is 4.79 Å². The van der Waals surface area contributed by atoms with Crippen LogP contribution in [-0.2, 0) is 30.3 Å². The van der Waals surface area contributed by atoms with Crippen molar-refractivity contribution in [1.29, 1.82) is 0 Å². The Hall–Kier alpha value is -3.76. The van der Waals surface area contributed by atoms with Crippen molar-refractivity contribution >= 4 is 29.4 Å². The number of amides is 3. The molecule has 3 rings (SSSR count). The van der Waals surface area contributed by atoms with E-state index in [4.69, 9.17) is 9.47 Å². The minimum absolute atomic E-state index is 0.00950. The number of carbonyl (C=O) groups is 4. The lowest BCUT2D eigenvalue weighted by atomic mass is 10.0. The van der Waals surface area contributed by atoms with Gasteiger partial charge in [0.25, 0.3) is 17.7 Å². The Morgan fingerprint density at radius 3 is 2.06 bits per heavy atom. The number of hydrogen-bond donors (Lipinski definition) is 4. The third-order valence-corrected chi connectivity index (χ3v) is 5.02. The summed E-state index contributed by atoms with van der Waals surface area (Å²) in [5.41, 5.74) is 1.69. The molecule has 10 nitrogen and oxygen atoms in total. The summed E-state index contributed by atoms with van der Waals surface area (Å²) in [4.78, 5) is 48.9. The molecule has 3 atom stereocenters. The molecule has 0 saturated carbocycles. The van der Waals surface area contributed by atoms with Gasteiger partial charge in [0.15, 0.2) is 12.2 Å². The molecule has 2 aromatic rings. The number of rotatable bonds is 9. The van der Waals surface area contributed by atoms with Crippen molar-refractivity contribution in [2.24, 2.45) is 0 Å². The highest BCUT2D eigenvalue weighted by atomic mass is 16.7. The Bertz CT molecular complexity index is 1020. The van der Waals surface area contributed by atoms with Crippen LogP contribution in [0, 0.1) is 0 Å². The minimum Gasteiger partial charge on any atom is -0.480 e. The van der Waals surface area contributed by atoms with Crippen LogP contribution in [0.15, 0.2) is 54.6 Å². The van der Waals surface area contributed by atoms with E-state index < -0.39 is 36.0 Å². The topological polar surface area (TPSA) is 143 Å². The largest absolute Gasteiger partial charge is 0.480 e. The highest BCUT2D eigenvalue weighted by Crippen LogP contribution is 2.16. The normalized spacial score (nSPS) is 18.2. The average molecular weight is 469 g/mol. The lowest BCUT2D eigenvalue weighted by molar-refractivity contribution is -0.144. The first-order valence-electron chi connectivity index (χ1n) is 10.8. The standard InChI is InChI=1S/C24H27N3O7/c1-14(2)25-22(29)19-20(34-13-33-19)23(30)27-18(24(31)32)12-15-8-10-17(11-9-15)26-21(28)16-6-4-3-5-7-16/h3-11,14,18-20H,12-13H2,1-2H3,(H,25,29)(H,26,28)(H,27,30)(H,31,32)/t18?,19-,20-/m1/s1. The predicted octanol–water partition coefficient (Wildman–Crippen LogP) is 1.32. The molecule has 0 aliphatic carbocycles. The zero-order chi connectivity index (χ0) is 24.7. The summed E-state index contributed by atoms with van der Waals surface area (Å²) in [6.07, 6.45) is -2.43. The summed E-state index contributed by atoms with van der Waals surface area (Å²) in [6.45, 7) is 3.28. The average Bonchev–Trinajstić information content (AvgIpc) is 3.30. The van der Waals surface area contributed by atoms with E-state index in [1.54, 1.807) is 62.4 Å². The number of aliphatic carboxylic acids is 1. The van der Waals surface area contributed by atoms with Crippen molar-refractivity contribution in [3.05, 3.63) is 65.7 Å². The lowest BCUT2D eigenvalue weighted by Gasteiger charge is -2.20. The highest BCUT2D eigenvalue weighted by Gasteiger charge is 2.41. The molecular formula is C24H27N3O7. The van der Waals surface area contributed by atoms with Crippen molar-refractivity contribution in [3.8, 4) is 0 Å². The van der Waals surface area contributed by atoms with Gasteiger partial charge in [0.2, 0.25) is 0 Å². The van der Waals surface area contributed by atoms with E-state index >= 15 is 0 Å². The van der Waals surface area contributed by atoms with E-state index in [1.807, 2.05) is 6.07 Å². The number of nitrogens with one attached hydrogen (secondary N) is 3. The smallest absolute Gasteiger partial charge is 0.326 e. The highest BCUT2D eigenvalue weighted by molar-refractivity contribution is 6.04. The molecule has 3 amide bonds. The zero-order valence-electron chi connectivity index (χ0n) is 18.8. The molecule has 1 aliphatic rings. The Morgan fingerprint density at radius 2 is 1.50 bits per heavy atom. The van der Waals surface area contributed by atoms with Crippen LogP contribution in [0.3, 0.4) is 0 Å². The van der Waals surface area contributed by atoms with Crippen LogP contribution in [0.25, 0.3) is 0 Å². The van der Waals surface area contributed by atoms with Gasteiger partial charge in [0.05, 0.1) is 0 Å². The first kappa shape index (κ1) is 24.9. The van der Waals surface area contributed by atoms with Gasteiger partial charge < -0.3 is 30.5 Å². The third kappa shape index (κ3) is 6.63. The fourth-order valence-electron chi connectivity index (χ4n) is 3.36. The monoisotopic (exact) mass is 469 g/mol. The van der Waals surface area contributed by atoms with Gasteiger partial charge in [0, 0.05) is 23.7 Å². The van der Waals surface area contributed by atoms with Gasteiger partial charge in [0.1, 0.15) is 12.8 Å². The molecule has 10 heteroatoms.